The number of nitrogens with zero attached hydrogens (tertiary/aromatic N) is 3. The Labute approximate surface area is 191 Å². The Morgan fingerprint density at radius 1 is 1.19 bits per heavy atom. The van der Waals surface area contributed by atoms with Gasteiger partial charge in [0.05, 0.1) is 10.7 Å². The highest BCUT2D eigenvalue weighted by Gasteiger charge is 2.27. The van der Waals surface area contributed by atoms with Crippen LogP contribution in [0.5, 0.6) is 5.75 Å². The van der Waals surface area contributed by atoms with Crippen LogP contribution < -0.4 is 10.1 Å². The lowest BCUT2D eigenvalue weighted by Crippen LogP contribution is -2.42. The summed E-state index contributed by atoms with van der Waals surface area (Å²) in [5.74, 6) is 0.663. The first-order valence-corrected chi connectivity index (χ1v) is 11.6. The summed E-state index contributed by atoms with van der Waals surface area (Å²) in [6.07, 6.45) is 4.79. The van der Waals surface area contributed by atoms with E-state index < -0.39 is 0 Å². The van der Waals surface area contributed by atoms with Crippen molar-refractivity contribution in [2.24, 2.45) is 5.92 Å². The number of rotatable bonds is 7. The molecular weight excluding hydrogens is 424 g/mol. The normalized spacial score (nSPS) is 14.2. The fourth-order valence-electron chi connectivity index (χ4n) is 3.69. The predicted molar refractivity (Wildman–Crippen MR) is 122 cm³/mol. The van der Waals surface area contributed by atoms with Crippen LogP contribution in [0.25, 0.3) is 0 Å². The van der Waals surface area contributed by atoms with Gasteiger partial charge in [0.15, 0.2) is 0 Å². The third-order valence-electron chi connectivity index (χ3n) is 5.50. The van der Waals surface area contributed by atoms with E-state index in [9.17, 15) is 9.59 Å². The van der Waals surface area contributed by atoms with Crippen molar-refractivity contribution in [2.45, 2.75) is 32.9 Å². The molecule has 1 aromatic carbocycles. The molecule has 2 aromatic heterocycles. The summed E-state index contributed by atoms with van der Waals surface area (Å²) in [6, 6.07) is 11.0. The van der Waals surface area contributed by atoms with E-state index in [1.54, 1.807) is 35.9 Å². The molecule has 0 bridgehead atoms. The highest BCUT2D eigenvalue weighted by molar-refractivity contribution is 7.09. The Morgan fingerprint density at radius 2 is 1.97 bits per heavy atom. The van der Waals surface area contributed by atoms with E-state index in [1.165, 1.54) is 0 Å². The van der Waals surface area contributed by atoms with Gasteiger partial charge in [-0.2, -0.15) is 0 Å². The molecule has 3 aromatic rings. The third-order valence-corrected chi connectivity index (χ3v) is 6.32. The topological polar surface area (TPSA) is 84.4 Å². The van der Waals surface area contributed by atoms with E-state index in [-0.39, 0.29) is 17.7 Å². The van der Waals surface area contributed by atoms with Gasteiger partial charge in [0.1, 0.15) is 12.4 Å². The molecule has 3 heterocycles. The minimum atomic E-state index is -0.0687. The lowest BCUT2D eigenvalue weighted by molar-refractivity contribution is -0.126. The zero-order chi connectivity index (χ0) is 22.3. The number of aryl methyl sites for hydroxylation is 1. The highest BCUT2D eigenvalue weighted by Crippen LogP contribution is 2.21. The first-order valence-electron chi connectivity index (χ1n) is 10.7. The van der Waals surface area contributed by atoms with Crippen LogP contribution in [-0.2, 0) is 17.9 Å². The van der Waals surface area contributed by atoms with Crippen LogP contribution in [0.15, 0.2) is 54.2 Å². The van der Waals surface area contributed by atoms with E-state index in [0.29, 0.717) is 50.4 Å². The van der Waals surface area contributed by atoms with Gasteiger partial charge in [-0.15, -0.1) is 11.3 Å². The van der Waals surface area contributed by atoms with Crippen molar-refractivity contribution >= 4 is 23.2 Å². The van der Waals surface area contributed by atoms with Gasteiger partial charge >= 0.3 is 0 Å². The van der Waals surface area contributed by atoms with E-state index in [2.05, 4.69) is 15.3 Å². The fraction of sp³-hybridized carbons (Fsp3) is 0.333. The second kappa shape index (κ2) is 10.4. The summed E-state index contributed by atoms with van der Waals surface area (Å²) >= 11 is 1.60. The first-order chi connectivity index (χ1) is 15.6. The molecule has 2 amide bonds. The molecule has 1 aliphatic heterocycles. The van der Waals surface area contributed by atoms with Gasteiger partial charge in [-0.1, -0.05) is 6.07 Å². The lowest BCUT2D eigenvalue weighted by atomic mass is 9.95. The van der Waals surface area contributed by atoms with Crippen LogP contribution in [0.4, 0.5) is 0 Å². The SMILES string of the molecule is Cc1nc(COc2ccc(C(=O)N3CCC(C(=O)NCc4cccnc4)CC3)cc2)cs1. The van der Waals surface area contributed by atoms with Gasteiger partial charge in [0.2, 0.25) is 5.91 Å². The molecule has 0 spiro atoms. The number of hydrogen-bond acceptors (Lipinski definition) is 6. The zero-order valence-electron chi connectivity index (χ0n) is 18.0. The Kier molecular flexibility index (Phi) is 7.11. The molecule has 7 nitrogen and oxygen atoms in total. The van der Waals surface area contributed by atoms with Gasteiger partial charge in [-0.25, -0.2) is 4.98 Å². The summed E-state index contributed by atoms with van der Waals surface area (Å²) in [5.41, 5.74) is 2.50. The van der Waals surface area contributed by atoms with Crippen LogP contribution in [0.2, 0.25) is 0 Å². The highest BCUT2D eigenvalue weighted by atomic mass is 32.1. The Balaban J connectivity index is 1.23. The second-order valence-corrected chi connectivity index (χ2v) is 8.88. The first kappa shape index (κ1) is 22.0. The molecule has 1 aliphatic rings. The van der Waals surface area contributed by atoms with Crippen LogP contribution in [-0.4, -0.2) is 39.8 Å². The van der Waals surface area contributed by atoms with E-state index in [4.69, 9.17) is 4.74 Å². The standard InChI is InChI=1S/C24H26N4O3S/c1-17-27-21(16-32-17)15-31-22-6-4-20(5-7-22)24(30)28-11-8-19(9-12-28)23(29)26-14-18-3-2-10-25-13-18/h2-7,10,13,16,19H,8-9,11-12,14-15H2,1H3,(H,26,29). The maximum absolute atomic E-state index is 12.8. The maximum Gasteiger partial charge on any atom is 0.253 e. The number of nitrogens with one attached hydrogen (secondary N) is 1. The van der Waals surface area contributed by atoms with Crippen molar-refractivity contribution in [3.63, 3.8) is 0 Å². The number of hydrogen-bond donors (Lipinski definition) is 1. The number of amides is 2. The number of benzene rings is 1. The van der Waals surface area contributed by atoms with Crippen LogP contribution in [0.3, 0.4) is 0 Å². The van der Waals surface area contributed by atoms with E-state index in [1.807, 2.05) is 41.5 Å². The van der Waals surface area contributed by atoms with Gasteiger partial charge < -0.3 is 15.0 Å². The molecule has 32 heavy (non-hydrogen) atoms. The van der Waals surface area contributed by atoms with Gasteiger partial charge in [-0.3, -0.25) is 14.6 Å². The lowest BCUT2D eigenvalue weighted by Gasteiger charge is -2.31. The number of likely N-dealkylation sites (tertiary alicyclic amines) is 1. The molecule has 0 saturated carbocycles. The summed E-state index contributed by atoms with van der Waals surface area (Å²) in [4.78, 5) is 35.6. The molecule has 1 saturated heterocycles. The van der Waals surface area contributed by atoms with Crippen LogP contribution in [0.1, 0.15) is 39.5 Å². The summed E-state index contributed by atoms with van der Waals surface area (Å²) in [5, 5.41) is 5.97. The van der Waals surface area contributed by atoms with Gasteiger partial charge in [-0.05, 0) is 55.7 Å². The van der Waals surface area contributed by atoms with E-state index >= 15 is 0 Å². The maximum atomic E-state index is 12.8. The number of ether oxygens (including phenoxy) is 1. The van der Waals surface area contributed by atoms with Crippen molar-refractivity contribution < 1.29 is 14.3 Å². The van der Waals surface area contributed by atoms with Crippen molar-refractivity contribution in [3.8, 4) is 5.75 Å². The molecule has 0 unspecified atom stereocenters. The van der Waals surface area contributed by atoms with Crippen molar-refractivity contribution in [1.29, 1.82) is 0 Å². The molecule has 8 heteroatoms. The Morgan fingerprint density at radius 3 is 2.62 bits per heavy atom. The quantitative estimate of drug-likeness (QED) is 0.595. The van der Waals surface area contributed by atoms with Gasteiger partial charge in [0.25, 0.3) is 5.91 Å². The average molecular weight is 451 g/mol. The minimum Gasteiger partial charge on any atom is -0.487 e. The average Bonchev–Trinajstić information content (AvgIpc) is 3.27. The van der Waals surface area contributed by atoms with Gasteiger partial charge in [0, 0.05) is 48.9 Å². The molecule has 0 aliphatic carbocycles. The molecule has 4 rings (SSSR count). The summed E-state index contributed by atoms with van der Waals surface area (Å²) in [6.45, 7) is 4.00. The summed E-state index contributed by atoms with van der Waals surface area (Å²) in [7, 11) is 0. The van der Waals surface area contributed by atoms with Crippen molar-refractivity contribution in [2.75, 3.05) is 13.1 Å². The molecular formula is C24H26N4O3S. The number of carbonyl (C=O) groups is 2. The largest absolute Gasteiger partial charge is 0.487 e. The number of pyridine rings is 1. The third kappa shape index (κ3) is 5.70. The number of aromatic nitrogens is 2. The van der Waals surface area contributed by atoms with E-state index in [0.717, 1.165) is 16.3 Å². The van der Waals surface area contributed by atoms with Crippen molar-refractivity contribution in [1.82, 2.24) is 20.2 Å². The fourth-order valence-corrected chi connectivity index (χ4v) is 4.29. The predicted octanol–water partition coefficient (Wildman–Crippen LogP) is 3.59. The molecule has 166 valence electrons. The number of carbonyl (C=O) groups excluding carboxylic acids is 2. The molecule has 0 atom stereocenters. The Bertz CT molecular complexity index is 1040. The van der Waals surface area contributed by atoms with Crippen molar-refractivity contribution in [3.05, 3.63) is 76.0 Å². The second-order valence-electron chi connectivity index (χ2n) is 7.82. The summed E-state index contributed by atoms with van der Waals surface area (Å²) < 4.78 is 5.75. The molecule has 1 fully saturated rings. The molecule has 0 radical (unpaired) electrons. The smallest absolute Gasteiger partial charge is 0.253 e. The zero-order valence-corrected chi connectivity index (χ0v) is 18.8. The Hall–Kier alpha value is -3.26. The van der Waals surface area contributed by atoms with Crippen LogP contribution >= 0.6 is 11.3 Å². The number of thiazole rings is 1. The van der Waals surface area contributed by atoms with Crippen LogP contribution in [0, 0.1) is 12.8 Å². The monoisotopic (exact) mass is 450 g/mol. The molecule has 1 N–H and O–H groups in total. The number of piperidine rings is 1. The minimum absolute atomic E-state index is 0.0131.